The molecule has 0 aliphatic rings. The standard InChI is InChI=1S/C15H21N3O/c1-8-7-12(19-6)9(2)10(3)13(8)14-11(4)18(5)17-15(14)16/h7H,1-6H3,(H2,16,17). The molecule has 0 bridgehead atoms. The van der Waals surface area contributed by atoms with Crippen LogP contribution in [-0.4, -0.2) is 16.9 Å². The van der Waals surface area contributed by atoms with Crippen molar-refractivity contribution in [2.24, 2.45) is 7.05 Å². The van der Waals surface area contributed by atoms with Crippen molar-refractivity contribution in [2.45, 2.75) is 27.7 Å². The van der Waals surface area contributed by atoms with Crippen molar-refractivity contribution in [1.29, 1.82) is 0 Å². The molecule has 0 unspecified atom stereocenters. The zero-order valence-corrected chi connectivity index (χ0v) is 12.5. The fourth-order valence-corrected chi connectivity index (χ4v) is 2.58. The third-order valence-electron chi connectivity index (χ3n) is 3.88. The summed E-state index contributed by atoms with van der Waals surface area (Å²) in [6, 6.07) is 2.06. The number of hydrogen-bond donors (Lipinski definition) is 1. The van der Waals surface area contributed by atoms with Crippen LogP contribution in [0.1, 0.15) is 22.4 Å². The van der Waals surface area contributed by atoms with Crippen LogP contribution < -0.4 is 10.5 Å². The Hall–Kier alpha value is -1.97. The zero-order chi connectivity index (χ0) is 14.3. The lowest BCUT2D eigenvalue weighted by Crippen LogP contribution is -1.99. The van der Waals surface area contributed by atoms with Crippen LogP contribution in [0.25, 0.3) is 11.1 Å². The Morgan fingerprint density at radius 1 is 1.11 bits per heavy atom. The van der Waals surface area contributed by atoms with Crippen molar-refractivity contribution < 1.29 is 4.74 Å². The molecule has 0 aliphatic carbocycles. The van der Waals surface area contributed by atoms with Gasteiger partial charge in [-0.05, 0) is 56.0 Å². The van der Waals surface area contributed by atoms with E-state index >= 15 is 0 Å². The topological polar surface area (TPSA) is 53.1 Å². The van der Waals surface area contributed by atoms with Gasteiger partial charge in [-0.25, -0.2) is 0 Å². The molecule has 0 aliphatic heterocycles. The van der Waals surface area contributed by atoms with Crippen LogP contribution in [-0.2, 0) is 7.05 Å². The summed E-state index contributed by atoms with van der Waals surface area (Å²) in [5.41, 5.74) is 12.8. The lowest BCUT2D eigenvalue weighted by Gasteiger charge is -2.16. The minimum Gasteiger partial charge on any atom is -0.496 e. The minimum atomic E-state index is 0.579. The number of nitrogens with zero attached hydrogens (tertiary/aromatic N) is 2. The molecule has 4 nitrogen and oxygen atoms in total. The molecule has 2 N–H and O–H groups in total. The van der Waals surface area contributed by atoms with Gasteiger partial charge < -0.3 is 10.5 Å². The van der Waals surface area contributed by atoms with Gasteiger partial charge in [0.15, 0.2) is 5.82 Å². The molecule has 0 atom stereocenters. The number of rotatable bonds is 2. The van der Waals surface area contributed by atoms with Crippen LogP contribution in [0.3, 0.4) is 0 Å². The average Bonchev–Trinajstić information content (AvgIpc) is 2.60. The zero-order valence-electron chi connectivity index (χ0n) is 12.5. The Morgan fingerprint density at radius 3 is 2.21 bits per heavy atom. The average molecular weight is 259 g/mol. The van der Waals surface area contributed by atoms with E-state index in [9.17, 15) is 0 Å². The number of aryl methyl sites for hydroxylation is 2. The highest BCUT2D eigenvalue weighted by Gasteiger charge is 2.19. The van der Waals surface area contributed by atoms with Gasteiger partial charge in [0.2, 0.25) is 0 Å². The van der Waals surface area contributed by atoms with Crippen molar-refractivity contribution in [2.75, 3.05) is 12.8 Å². The van der Waals surface area contributed by atoms with Gasteiger partial charge >= 0.3 is 0 Å². The molecule has 0 saturated carbocycles. The fraction of sp³-hybridized carbons (Fsp3) is 0.400. The summed E-state index contributed by atoms with van der Waals surface area (Å²) in [5.74, 6) is 1.50. The summed E-state index contributed by atoms with van der Waals surface area (Å²) < 4.78 is 7.23. The first-order chi connectivity index (χ1) is 8.88. The molecule has 102 valence electrons. The number of hydrogen-bond acceptors (Lipinski definition) is 3. The van der Waals surface area contributed by atoms with Gasteiger partial charge in [0, 0.05) is 18.3 Å². The van der Waals surface area contributed by atoms with Gasteiger partial charge in [-0.1, -0.05) is 0 Å². The minimum absolute atomic E-state index is 0.579. The molecule has 0 amide bonds. The predicted octanol–water partition coefficient (Wildman–Crippen LogP) is 2.91. The molecule has 0 fully saturated rings. The molecular formula is C15H21N3O. The Kier molecular flexibility index (Phi) is 3.27. The molecule has 0 radical (unpaired) electrons. The van der Waals surface area contributed by atoms with Crippen LogP contribution in [0.4, 0.5) is 5.82 Å². The van der Waals surface area contributed by atoms with E-state index in [0.29, 0.717) is 5.82 Å². The van der Waals surface area contributed by atoms with Gasteiger partial charge in [0.05, 0.1) is 7.11 Å². The molecule has 0 saturated heterocycles. The highest BCUT2D eigenvalue weighted by Crippen LogP contribution is 2.38. The van der Waals surface area contributed by atoms with Gasteiger partial charge in [-0.15, -0.1) is 0 Å². The first-order valence-corrected chi connectivity index (χ1v) is 6.32. The van der Waals surface area contributed by atoms with Crippen LogP contribution in [0.15, 0.2) is 6.07 Å². The SMILES string of the molecule is COc1cc(C)c(-c2c(N)nn(C)c2C)c(C)c1C. The smallest absolute Gasteiger partial charge is 0.153 e. The third kappa shape index (κ3) is 1.97. The van der Waals surface area contributed by atoms with E-state index in [1.807, 2.05) is 18.7 Å². The summed E-state index contributed by atoms with van der Waals surface area (Å²) >= 11 is 0. The number of benzene rings is 1. The van der Waals surface area contributed by atoms with Crippen LogP contribution in [0.2, 0.25) is 0 Å². The van der Waals surface area contributed by atoms with Gasteiger partial charge in [0.1, 0.15) is 5.75 Å². The van der Waals surface area contributed by atoms with E-state index in [1.54, 1.807) is 7.11 Å². The molecular weight excluding hydrogens is 238 g/mol. The van der Waals surface area contributed by atoms with Crippen LogP contribution in [0, 0.1) is 27.7 Å². The van der Waals surface area contributed by atoms with E-state index in [-0.39, 0.29) is 0 Å². The number of nitrogens with two attached hydrogens (primary N) is 1. The number of methoxy groups -OCH3 is 1. The normalized spacial score (nSPS) is 10.8. The first kappa shape index (κ1) is 13.5. The lowest BCUT2D eigenvalue weighted by molar-refractivity contribution is 0.411. The van der Waals surface area contributed by atoms with E-state index in [4.69, 9.17) is 10.5 Å². The first-order valence-electron chi connectivity index (χ1n) is 6.32. The maximum Gasteiger partial charge on any atom is 0.153 e. The van der Waals surface area contributed by atoms with Crippen LogP contribution >= 0.6 is 0 Å². The predicted molar refractivity (Wildman–Crippen MR) is 78.6 cm³/mol. The number of aromatic nitrogens is 2. The summed E-state index contributed by atoms with van der Waals surface area (Å²) in [7, 11) is 3.61. The Balaban J connectivity index is 2.80. The largest absolute Gasteiger partial charge is 0.496 e. The van der Waals surface area contributed by atoms with Crippen molar-refractivity contribution in [3.63, 3.8) is 0 Å². The Labute approximate surface area is 114 Å². The molecule has 19 heavy (non-hydrogen) atoms. The molecule has 1 aromatic carbocycles. The van der Waals surface area contributed by atoms with E-state index in [2.05, 4.69) is 31.9 Å². The van der Waals surface area contributed by atoms with Gasteiger partial charge in [-0.2, -0.15) is 5.10 Å². The monoisotopic (exact) mass is 259 g/mol. The lowest BCUT2D eigenvalue weighted by atomic mass is 9.92. The maximum atomic E-state index is 6.07. The Morgan fingerprint density at radius 2 is 1.74 bits per heavy atom. The maximum absolute atomic E-state index is 6.07. The van der Waals surface area contributed by atoms with Gasteiger partial charge in [0.25, 0.3) is 0 Å². The second kappa shape index (κ2) is 4.61. The molecule has 0 spiro atoms. The summed E-state index contributed by atoms with van der Waals surface area (Å²) in [4.78, 5) is 0. The molecule has 2 rings (SSSR count). The summed E-state index contributed by atoms with van der Waals surface area (Å²) in [6.45, 7) is 8.29. The van der Waals surface area contributed by atoms with Crippen molar-refractivity contribution in [3.8, 4) is 16.9 Å². The number of anilines is 1. The summed E-state index contributed by atoms with van der Waals surface area (Å²) in [6.07, 6.45) is 0. The van der Waals surface area contributed by atoms with Crippen molar-refractivity contribution in [1.82, 2.24) is 9.78 Å². The Bertz CT molecular complexity index is 642. The van der Waals surface area contributed by atoms with E-state index in [1.165, 1.54) is 11.1 Å². The quantitative estimate of drug-likeness (QED) is 0.902. The number of ether oxygens (including phenoxy) is 1. The fourth-order valence-electron chi connectivity index (χ4n) is 2.58. The highest BCUT2D eigenvalue weighted by molar-refractivity contribution is 5.82. The van der Waals surface area contributed by atoms with Gasteiger partial charge in [-0.3, -0.25) is 4.68 Å². The van der Waals surface area contributed by atoms with Crippen LogP contribution in [0.5, 0.6) is 5.75 Å². The molecule has 2 aromatic rings. The molecule has 1 heterocycles. The van der Waals surface area contributed by atoms with E-state index in [0.717, 1.165) is 28.1 Å². The van der Waals surface area contributed by atoms with E-state index < -0.39 is 0 Å². The second-order valence-corrected chi connectivity index (χ2v) is 4.99. The second-order valence-electron chi connectivity index (χ2n) is 4.99. The third-order valence-corrected chi connectivity index (χ3v) is 3.88. The molecule has 1 aromatic heterocycles. The van der Waals surface area contributed by atoms with Crippen molar-refractivity contribution >= 4 is 5.82 Å². The number of nitrogen functional groups attached to an aromatic ring is 1. The highest BCUT2D eigenvalue weighted by atomic mass is 16.5. The van der Waals surface area contributed by atoms with Crippen molar-refractivity contribution in [3.05, 3.63) is 28.5 Å². The summed E-state index contributed by atoms with van der Waals surface area (Å²) in [5, 5.41) is 4.30. The molecule has 4 heteroatoms.